The maximum atomic E-state index is 5.32. The van der Waals surface area contributed by atoms with Gasteiger partial charge < -0.3 is 10.1 Å². The predicted octanol–water partition coefficient (Wildman–Crippen LogP) is 3.79. The number of rotatable bonds is 6. The average Bonchev–Trinajstić information content (AvgIpc) is 2.93. The lowest BCUT2D eigenvalue weighted by Gasteiger charge is -2.22. The monoisotopic (exact) mass is 261 g/mol. The van der Waals surface area contributed by atoms with Gasteiger partial charge in [0.05, 0.1) is 12.6 Å². The van der Waals surface area contributed by atoms with Gasteiger partial charge in [-0.05, 0) is 23.9 Å². The van der Waals surface area contributed by atoms with Gasteiger partial charge in [-0.2, -0.15) is 0 Å². The van der Waals surface area contributed by atoms with E-state index in [2.05, 4.69) is 54.0 Å². The Hall–Kier alpha value is -1.16. The van der Waals surface area contributed by atoms with Crippen molar-refractivity contribution in [2.24, 2.45) is 0 Å². The Morgan fingerprint density at radius 2 is 1.94 bits per heavy atom. The minimum Gasteiger partial charge on any atom is -0.383 e. The van der Waals surface area contributed by atoms with Crippen molar-refractivity contribution in [1.82, 2.24) is 5.32 Å². The van der Waals surface area contributed by atoms with E-state index >= 15 is 0 Å². The predicted molar refractivity (Wildman–Crippen MR) is 76.9 cm³/mol. The summed E-state index contributed by atoms with van der Waals surface area (Å²) in [6.45, 7) is 2.87. The summed E-state index contributed by atoms with van der Waals surface area (Å²) in [7, 11) is 1.74. The smallest absolute Gasteiger partial charge is 0.0657 e. The summed E-state index contributed by atoms with van der Waals surface area (Å²) in [5, 5.41) is 5.73. The van der Waals surface area contributed by atoms with Gasteiger partial charge >= 0.3 is 0 Å². The van der Waals surface area contributed by atoms with Crippen LogP contribution in [0.25, 0.3) is 0 Å². The number of hydrogen-bond acceptors (Lipinski definition) is 3. The number of thiophene rings is 1. The van der Waals surface area contributed by atoms with Crippen molar-refractivity contribution >= 4 is 11.3 Å². The van der Waals surface area contributed by atoms with Crippen LogP contribution in [-0.2, 0) is 4.74 Å². The molecule has 0 bridgehead atoms. The molecular weight excluding hydrogens is 242 g/mol. The quantitative estimate of drug-likeness (QED) is 0.854. The van der Waals surface area contributed by atoms with Gasteiger partial charge in [-0.15, -0.1) is 11.3 Å². The van der Waals surface area contributed by atoms with Crippen LogP contribution in [0.3, 0.4) is 0 Å². The topological polar surface area (TPSA) is 21.3 Å². The summed E-state index contributed by atoms with van der Waals surface area (Å²) in [6.07, 6.45) is 0. The second-order valence-corrected chi connectivity index (χ2v) is 5.30. The molecule has 0 aliphatic rings. The minimum absolute atomic E-state index is 0.230. The van der Waals surface area contributed by atoms with E-state index in [4.69, 9.17) is 4.74 Å². The Labute approximate surface area is 113 Å². The first kappa shape index (κ1) is 13.3. The maximum absolute atomic E-state index is 5.32. The van der Waals surface area contributed by atoms with Gasteiger partial charge in [-0.25, -0.2) is 0 Å². The fourth-order valence-corrected chi connectivity index (χ4v) is 2.76. The van der Waals surface area contributed by atoms with E-state index in [0.29, 0.717) is 12.6 Å². The van der Waals surface area contributed by atoms with Crippen molar-refractivity contribution in [3.8, 4) is 0 Å². The number of hydrogen-bond donors (Lipinski definition) is 1. The molecule has 0 saturated heterocycles. The van der Waals surface area contributed by atoms with Crippen LogP contribution in [0.1, 0.15) is 29.4 Å². The zero-order chi connectivity index (χ0) is 12.8. The summed E-state index contributed by atoms with van der Waals surface area (Å²) in [4.78, 5) is 1.35. The van der Waals surface area contributed by atoms with Crippen LogP contribution < -0.4 is 5.32 Å². The molecule has 0 fully saturated rings. The molecule has 1 unspecified atom stereocenters. The molecule has 1 aromatic heterocycles. The normalized spacial score (nSPS) is 14.3. The zero-order valence-corrected chi connectivity index (χ0v) is 11.6. The van der Waals surface area contributed by atoms with Crippen LogP contribution in [0, 0.1) is 0 Å². The van der Waals surface area contributed by atoms with Crippen molar-refractivity contribution in [2.45, 2.75) is 19.0 Å². The largest absolute Gasteiger partial charge is 0.383 e. The first-order valence-electron chi connectivity index (χ1n) is 6.14. The third kappa shape index (κ3) is 3.42. The van der Waals surface area contributed by atoms with Crippen molar-refractivity contribution in [3.63, 3.8) is 0 Å². The van der Waals surface area contributed by atoms with Crippen molar-refractivity contribution in [1.29, 1.82) is 0 Å². The molecule has 1 N–H and O–H groups in total. The van der Waals surface area contributed by atoms with Crippen LogP contribution >= 0.6 is 11.3 Å². The number of benzene rings is 1. The second-order valence-electron chi connectivity index (χ2n) is 4.32. The molecule has 0 amide bonds. The molecule has 0 aliphatic carbocycles. The van der Waals surface area contributed by atoms with Crippen molar-refractivity contribution < 1.29 is 4.74 Å². The van der Waals surface area contributed by atoms with E-state index in [1.165, 1.54) is 10.4 Å². The summed E-state index contributed by atoms with van der Waals surface area (Å²) >= 11 is 1.78. The highest BCUT2D eigenvalue weighted by Gasteiger charge is 2.15. The molecule has 96 valence electrons. The molecule has 2 atom stereocenters. The number of methoxy groups -OCH3 is 1. The Morgan fingerprint density at radius 1 is 1.17 bits per heavy atom. The van der Waals surface area contributed by atoms with Crippen LogP contribution in [0.15, 0.2) is 47.8 Å². The van der Waals surface area contributed by atoms with Gasteiger partial charge in [0.2, 0.25) is 0 Å². The molecule has 0 radical (unpaired) electrons. The first-order chi connectivity index (χ1) is 8.81. The van der Waals surface area contributed by atoms with E-state index < -0.39 is 0 Å². The Balaban J connectivity index is 2.07. The molecule has 0 spiro atoms. The Morgan fingerprint density at radius 3 is 2.56 bits per heavy atom. The van der Waals surface area contributed by atoms with E-state index in [-0.39, 0.29) is 6.04 Å². The van der Waals surface area contributed by atoms with Gasteiger partial charge in [0.1, 0.15) is 0 Å². The van der Waals surface area contributed by atoms with Gasteiger partial charge in [0, 0.05) is 18.0 Å². The summed E-state index contributed by atoms with van der Waals surface area (Å²) < 4.78 is 5.32. The van der Waals surface area contributed by atoms with E-state index in [1.54, 1.807) is 18.4 Å². The summed E-state index contributed by atoms with van der Waals surface area (Å²) in [6, 6.07) is 15.3. The van der Waals surface area contributed by atoms with Crippen LogP contribution in [-0.4, -0.2) is 13.7 Å². The highest BCUT2D eigenvalue weighted by Crippen LogP contribution is 2.23. The second kappa shape index (κ2) is 6.69. The lowest BCUT2D eigenvalue weighted by atomic mass is 10.1. The molecule has 2 nitrogen and oxygen atoms in total. The van der Waals surface area contributed by atoms with E-state index in [1.807, 2.05) is 6.07 Å². The average molecular weight is 261 g/mol. The molecular formula is C15H19NOS. The molecule has 3 heteroatoms. The molecule has 18 heavy (non-hydrogen) atoms. The fraction of sp³-hybridized carbons (Fsp3) is 0.333. The third-order valence-corrected chi connectivity index (χ3v) is 4.01. The van der Waals surface area contributed by atoms with E-state index in [0.717, 1.165) is 0 Å². The standard InChI is InChI=1S/C15H19NOS/c1-12(15-9-6-10-18-15)16-14(11-17-2)13-7-4-3-5-8-13/h3-10,12,14,16H,11H2,1-2H3/t12-,14?/m1/s1. The Bertz CT molecular complexity index is 441. The summed E-state index contributed by atoms with van der Waals surface area (Å²) in [5.74, 6) is 0. The van der Waals surface area contributed by atoms with Crippen LogP contribution in [0.4, 0.5) is 0 Å². The first-order valence-corrected chi connectivity index (χ1v) is 7.02. The summed E-state index contributed by atoms with van der Waals surface area (Å²) in [5.41, 5.74) is 1.27. The lowest BCUT2D eigenvalue weighted by Crippen LogP contribution is -2.27. The molecule has 2 aromatic rings. The van der Waals surface area contributed by atoms with Crippen molar-refractivity contribution in [2.75, 3.05) is 13.7 Å². The van der Waals surface area contributed by atoms with Crippen molar-refractivity contribution in [3.05, 3.63) is 58.3 Å². The fourth-order valence-electron chi connectivity index (χ4n) is 2.01. The lowest BCUT2D eigenvalue weighted by molar-refractivity contribution is 0.162. The van der Waals surface area contributed by atoms with Gasteiger partial charge in [-0.1, -0.05) is 36.4 Å². The molecule has 0 saturated carbocycles. The Kier molecular flexibility index (Phi) is 4.93. The maximum Gasteiger partial charge on any atom is 0.0657 e. The molecule has 1 aromatic carbocycles. The highest BCUT2D eigenvalue weighted by atomic mass is 32.1. The third-order valence-electron chi connectivity index (χ3n) is 2.96. The number of nitrogens with one attached hydrogen (secondary N) is 1. The van der Waals surface area contributed by atoms with Gasteiger partial charge in [0.25, 0.3) is 0 Å². The molecule has 2 rings (SSSR count). The van der Waals surface area contributed by atoms with Crippen LogP contribution in [0.2, 0.25) is 0 Å². The minimum atomic E-state index is 0.230. The molecule has 0 aliphatic heterocycles. The SMILES string of the molecule is COCC(N[C@H](C)c1cccs1)c1ccccc1. The number of ether oxygens (including phenoxy) is 1. The molecule has 1 heterocycles. The van der Waals surface area contributed by atoms with Gasteiger partial charge in [-0.3, -0.25) is 0 Å². The highest BCUT2D eigenvalue weighted by molar-refractivity contribution is 7.10. The van der Waals surface area contributed by atoms with Gasteiger partial charge in [0.15, 0.2) is 0 Å². The van der Waals surface area contributed by atoms with E-state index in [9.17, 15) is 0 Å². The van der Waals surface area contributed by atoms with Crippen LogP contribution in [0.5, 0.6) is 0 Å². The zero-order valence-electron chi connectivity index (χ0n) is 10.8.